The van der Waals surface area contributed by atoms with Crippen LogP contribution in [0.4, 0.5) is 0 Å². The van der Waals surface area contributed by atoms with Crippen molar-refractivity contribution in [1.29, 1.82) is 0 Å². The van der Waals surface area contributed by atoms with Crippen molar-refractivity contribution in [2.45, 2.75) is 31.3 Å². The summed E-state index contributed by atoms with van der Waals surface area (Å²) >= 11 is 0. The molecule has 2 atom stereocenters. The van der Waals surface area contributed by atoms with E-state index < -0.39 is 9.84 Å². The molecule has 1 N–H and O–H groups in total. The highest BCUT2D eigenvalue weighted by Crippen LogP contribution is 2.19. The zero-order chi connectivity index (χ0) is 13.0. The highest BCUT2D eigenvalue weighted by atomic mass is 32.2. The van der Waals surface area contributed by atoms with Gasteiger partial charge in [-0.1, -0.05) is 0 Å². The highest BCUT2D eigenvalue weighted by molar-refractivity contribution is 7.91. The van der Waals surface area contributed by atoms with Crippen LogP contribution in [0.2, 0.25) is 0 Å². The van der Waals surface area contributed by atoms with Crippen LogP contribution in [0.3, 0.4) is 0 Å². The molecule has 2 fully saturated rings. The minimum Gasteiger partial charge on any atom is -0.383 e. The van der Waals surface area contributed by atoms with Crippen molar-refractivity contribution in [2.75, 3.05) is 44.9 Å². The van der Waals surface area contributed by atoms with Gasteiger partial charge >= 0.3 is 0 Å². The molecule has 0 bridgehead atoms. The number of nitrogens with one attached hydrogen (secondary N) is 1. The fourth-order valence-corrected chi connectivity index (χ4v) is 4.65. The lowest BCUT2D eigenvalue weighted by molar-refractivity contribution is 0.119. The van der Waals surface area contributed by atoms with E-state index in [1.54, 1.807) is 7.11 Å². The van der Waals surface area contributed by atoms with E-state index in [1.165, 1.54) is 12.8 Å². The molecule has 0 amide bonds. The van der Waals surface area contributed by atoms with E-state index in [-0.39, 0.29) is 6.04 Å². The van der Waals surface area contributed by atoms with Gasteiger partial charge in [0.15, 0.2) is 9.84 Å². The zero-order valence-corrected chi connectivity index (χ0v) is 11.9. The standard InChI is InChI=1S/C12H24N2O3S/c1-17-7-6-14(9-11-3-2-5-13-11)12-4-8-18(15,16)10-12/h11-13H,2-10H2,1H3. The van der Waals surface area contributed by atoms with E-state index in [0.29, 0.717) is 24.2 Å². The molecule has 18 heavy (non-hydrogen) atoms. The summed E-state index contributed by atoms with van der Waals surface area (Å²) in [7, 11) is -1.11. The molecule has 0 aromatic heterocycles. The van der Waals surface area contributed by atoms with E-state index in [9.17, 15) is 8.42 Å². The Morgan fingerprint density at radius 1 is 1.39 bits per heavy atom. The van der Waals surface area contributed by atoms with Crippen molar-refractivity contribution < 1.29 is 13.2 Å². The first-order chi connectivity index (χ1) is 8.61. The van der Waals surface area contributed by atoms with Gasteiger partial charge in [0.1, 0.15) is 0 Å². The molecule has 0 saturated carbocycles. The Morgan fingerprint density at radius 2 is 2.22 bits per heavy atom. The fraction of sp³-hybridized carbons (Fsp3) is 1.00. The molecule has 0 aliphatic carbocycles. The number of methoxy groups -OCH3 is 1. The predicted molar refractivity (Wildman–Crippen MR) is 71.5 cm³/mol. The van der Waals surface area contributed by atoms with Gasteiger partial charge in [0.05, 0.1) is 18.1 Å². The molecule has 2 aliphatic rings. The molecular weight excluding hydrogens is 252 g/mol. The van der Waals surface area contributed by atoms with Crippen LogP contribution in [0.15, 0.2) is 0 Å². The lowest BCUT2D eigenvalue weighted by atomic mass is 10.1. The van der Waals surface area contributed by atoms with Gasteiger partial charge in [-0.2, -0.15) is 0 Å². The van der Waals surface area contributed by atoms with Gasteiger partial charge in [-0.3, -0.25) is 4.90 Å². The van der Waals surface area contributed by atoms with Crippen molar-refractivity contribution in [1.82, 2.24) is 10.2 Å². The van der Waals surface area contributed by atoms with Crippen LogP contribution in [0.25, 0.3) is 0 Å². The average Bonchev–Trinajstić information content (AvgIpc) is 2.93. The van der Waals surface area contributed by atoms with Crippen LogP contribution < -0.4 is 5.32 Å². The summed E-state index contributed by atoms with van der Waals surface area (Å²) in [5.74, 6) is 0.669. The fourth-order valence-electron chi connectivity index (χ4n) is 2.89. The summed E-state index contributed by atoms with van der Waals surface area (Å²) in [6.07, 6.45) is 3.20. The smallest absolute Gasteiger partial charge is 0.151 e. The number of nitrogens with zero attached hydrogens (tertiary/aromatic N) is 1. The molecule has 0 aromatic carbocycles. The summed E-state index contributed by atoms with van der Waals surface area (Å²) in [4.78, 5) is 2.30. The molecule has 0 spiro atoms. The van der Waals surface area contributed by atoms with Crippen molar-refractivity contribution >= 4 is 9.84 Å². The highest BCUT2D eigenvalue weighted by Gasteiger charge is 2.33. The minimum absolute atomic E-state index is 0.188. The Morgan fingerprint density at radius 3 is 2.78 bits per heavy atom. The molecule has 2 aliphatic heterocycles. The molecule has 2 saturated heterocycles. The molecule has 2 heterocycles. The third-order valence-corrected chi connectivity index (χ3v) is 5.68. The van der Waals surface area contributed by atoms with Crippen molar-refractivity contribution in [3.63, 3.8) is 0 Å². The van der Waals surface area contributed by atoms with Crippen molar-refractivity contribution in [3.05, 3.63) is 0 Å². The third-order valence-electron chi connectivity index (χ3n) is 3.92. The number of rotatable bonds is 6. The molecule has 2 unspecified atom stereocenters. The molecule has 5 nitrogen and oxygen atoms in total. The van der Waals surface area contributed by atoms with E-state index in [2.05, 4.69) is 10.2 Å². The predicted octanol–water partition coefficient (Wildman–Crippen LogP) is -0.126. The Balaban J connectivity index is 1.91. The number of sulfone groups is 1. The summed E-state index contributed by atoms with van der Waals surface area (Å²) in [5.41, 5.74) is 0. The SMILES string of the molecule is COCCN(CC1CCCN1)C1CCS(=O)(=O)C1. The van der Waals surface area contributed by atoms with E-state index in [4.69, 9.17) is 4.74 Å². The van der Waals surface area contributed by atoms with Crippen LogP contribution in [0.1, 0.15) is 19.3 Å². The van der Waals surface area contributed by atoms with Gasteiger partial charge < -0.3 is 10.1 Å². The lowest BCUT2D eigenvalue weighted by Crippen LogP contribution is -2.45. The van der Waals surface area contributed by atoms with Crippen LogP contribution >= 0.6 is 0 Å². The second-order valence-electron chi connectivity index (χ2n) is 5.34. The van der Waals surface area contributed by atoms with Gasteiger partial charge in [-0.25, -0.2) is 8.42 Å². The summed E-state index contributed by atoms with van der Waals surface area (Å²) in [5, 5.41) is 3.48. The molecule has 6 heteroatoms. The van der Waals surface area contributed by atoms with Crippen molar-refractivity contribution in [3.8, 4) is 0 Å². The van der Waals surface area contributed by atoms with Gasteiger partial charge in [0.25, 0.3) is 0 Å². The maximum absolute atomic E-state index is 11.6. The topological polar surface area (TPSA) is 58.6 Å². The summed E-state index contributed by atoms with van der Waals surface area (Å²) in [6.45, 7) is 3.54. The lowest BCUT2D eigenvalue weighted by Gasteiger charge is -2.30. The Labute approximate surface area is 110 Å². The van der Waals surface area contributed by atoms with Gasteiger partial charge in [0, 0.05) is 32.3 Å². The monoisotopic (exact) mass is 276 g/mol. The Hall–Kier alpha value is -0.170. The second-order valence-corrected chi connectivity index (χ2v) is 7.57. The summed E-state index contributed by atoms with van der Waals surface area (Å²) < 4.78 is 28.3. The summed E-state index contributed by atoms with van der Waals surface area (Å²) in [6, 6.07) is 0.706. The largest absolute Gasteiger partial charge is 0.383 e. The number of ether oxygens (including phenoxy) is 1. The van der Waals surface area contributed by atoms with Crippen LogP contribution in [0.5, 0.6) is 0 Å². The molecule has 0 aromatic rings. The van der Waals surface area contributed by atoms with Crippen LogP contribution in [-0.4, -0.2) is 70.3 Å². The maximum Gasteiger partial charge on any atom is 0.151 e. The van der Waals surface area contributed by atoms with Gasteiger partial charge in [-0.05, 0) is 25.8 Å². The van der Waals surface area contributed by atoms with Gasteiger partial charge in [-0.15, -0.1) is 0 Å². The zero-order valence-electron chi connectivity index (χ0n) is 11.1. The Kier molecular flexibility index (Phi) is 5.00. The maximum atomic E-state index is 11.6. The number of hydrogen-bond acceptors (Lipinski definition) is 5. The minimum atomic E-state index is -2.80. The van der Waals surface area contributed by atoms with E-state index >= 15 is 0 Å². The van der Waals surface area contributed by atoms with Gasteiger partial charge in [0.2, 0.25) is 0 Å². The first-order valence-electron chi connectivity index (χ1n) is 6.77. The Bertz CT molecular complexity index is 352. The average molecular weight is 276 g/mol. The molecule has 106 valence electrons. The first kappa shape index (κ1) is 14.2. The normalized spacial score (nSPS) is 31.2. The van der Waals surface area contributed by atoms with Crippen molar-refractivity contribution in [2.24, 2.45) is 0 Å². The van der Waals surface area contributed by atoms with E-state index in [1.807, 2.05) is 0 Å². The second kappa shape index (κ2) is 6.32. The van der Waals surface area contributed by atoms with Crippen LogP contribution in [-0.2, 0) is 14.6 Å². The van der Waals surface area contributed by atoms with Crippen LogP contribution in [0, 0.1) is 0 Å². The first-order valence-corrected chi connectivity index (χ1v) is 8.59. The molecule has 0 radical (unpaired) electrons. The van der Waals surface area contributed by atoms with E-state index in [0.717, 1.165) is 26.1 Å². The number of hydrogen-bond donors (Lipinski definition) is 1. The third kappa shape index (κ3) is 3.91. The quantitative estimate of drug-likeness (QED) is 0.732. The molecular formula is C12H24N2O3S. The molecule has 2 rings (SSSR count).